The first-order valence-electron chi connectivity index (χ1n) is 5.97. The van der Waals surface area contributed by atoms with Crippen LogP contribution in [0.4, 0.5) is 8.78 Å². The zero-order chi connectivity index (χ0) is 11.9. The summed E-state index contributed by atoms with van der Waals surface area (Å²) in [5.41, 5.74) is 10.7. The van der Waals surface area contributed by atoms with Crippen LogP contribution in [-0.4, -0.2) is 5.92 Å². The van der Waals surface area contributed by atoms with Crippen LogP contribution < -0.4 is 16.4 Å². The molecule has 0 spiro atoms. The fourth-order valence-electron chi connectivity index (χ4n) is 2.64. The first kappa shape index (κ1) is 10.8. The van der Waals surface area contributed by atoms with Gasteiger partial charge >= 0.3 is 0 Å². The average Bonchev–Trinajstić information content (AvgIpc) is 2.77. The maximum atomic E-state index is 13.9. The van der Waals surface area contributed by atoms with Crippen LogP contribution in [0.1, 0.15) is 32.1 Å². The number of halogens is 2. The molecule has 0 fully saturated rings. The summed E-state index contributed by atoms with van der Waals surface area (Å²) < 4.78 is 27.8. The van der Waals surface area contributed by atoms with E-state index in [-0.39, 0.29) is 12.1 Å². The molecule has 0 radical (unpaired) electrons. The highest BCUT2D eigenvalue weighted by Crippen LogP contribution is 2.39. The van der Waals surface area contributed by atoms with Gasteiger partial charge in [0.25, 0.3) is 5.92 Å². The molecule has 1 aliphatic heterocycles. The van der Waals surface area contributed by atoms with Crippen LogP contribution >= 0.6 is 0 Å². The zero-order valence-corrected chi connectivity index (χ0v) is 9.45. The van der Waals surface area contributed by atoms with Gasteiger partial charge in [-0.3, -0.25) is 0 Å². The van der Waals surface area contributed by atoms with Crippen LogP contribution in [0, 0.1) is 0 Å². The van der Waals surface area contributed by atoms with Crippen molar-refractivity contribution in [2.24, 2.45) is 0 Å². The number of allylic oxidation sites excluding steroid dienone is 4. The van der Waals surface area contributed by atoms with Gasteiger partial charge in [0.1, 0.15) is 5.70 Å². The Morgan fingerprint density at radius 2 is 2.06 bits per heavy atom. The van der Waals surface area contributed by atoms with Crippen LogP contribution in [0.25, 0.3) is 0 Å². The van der Waals surface area contributed by atoms with Crippen molar-refractivity contribution < 1.29 is 8.78 Å². The Balaban J connectivity index is 2.11. The van der Waals surface area contributed by atoms with Gasteiger partial charge in [-0.05, 0) is 31.3 Å². The lowest BCUT2D eigenvalue weighted by Crippen LogP contribution is -2.36. The minimum atomic E-state index is -2.78. The van der Waals surface area contributed by atoms with Gasteiger partial charge < -0.3 is 10.9 Å². The second-order valence-corrected chi connectivity index (χ2v) is 4.64. The quantitative estimate of drug-likeness (QED) is 0.607. The predicted molar refractivity (Wildman–Crippen MR) is 60.6 cm³/mol. The first-order valence-corrected chi connectivity index (χ1v) is 5.97. The molecule has 0 atom stereocenters. The van der Waals surface area contributed by atoms with Gasteiger partial charge in [-0.25, -0.2) is 0 Å². The summed E-state index contributed by atoms with van der Waals surface area (Å²) in [6.45, 7) is 0. The summed E-state index contributed by atoms with van der Waals surface area (Å²) in [7, 11) is 0. The van der Waals surface area contributed by atoms with Gasteiger partial charge in [-0.15, -0.1) is 0 Å². The Hall–Kier alpha value is -1.36. The van der Waals surface area contributed by atoms with Crippen molar-refractivity contribution in [2.75, 3.05) is 0 Å². The lowest BCUT2D eigenvalue weighted by Gasteiger charge is -2.24. The molecule has 1 heterocycles. The Labute approximate surface area is 98.6 Å². The van der Waals surface area contributed by atoms with Gasteiger partial charge in [0.05, 0.1) is 5.70 Å². The van der Waals surface area contributed by atoms with Crippen LogP contribution in [-0.2, 0) is 0 Å². The monoisotopic (exact) mass is 239 g/mol. The standard InChI is InChI=1S/C12H15F2N3/c13-12(14)7-3-5-8-4-1-2-6-9(8)10-11(12)16-17-15-10/h2,6,15-17H,1,3-5,7H2. The lowest BCUT2D eigenvalue weighted by molar-refractivity contribution is 0.0224. The summed E-state index contributed by atoms with van der Waals surface area (Å²) >= 11 is 0. The highest BCUT2D eigenvalue weighted by Gasteiger charge is 2.40. The summed E-state index contributed by atoms with van der Waals surface area (Å²) in [5, 5.41) is 0. The van der Waals surface area contributed by atoms with E-state index in [1.165, 1.54) is 5.57 Å². The van der Waals surface area contributed by atoms with Crippen LogP contribution in [0.3, 0.4) is 0 Å². The molecule has 0 aromatic heterocycles. The number of hydrogen-bond acceptors (Lipinski definition) is 3. The Bertz CT molecular complexity index is 435. The molecule has 0 saturated heterocycles. The Kier molecular flexibility index (Phi) is 2.43. The maximum absolute atomic E-state index is 13.9. The third-order valence-corrected chi connectivity index (χ3v) is 3.51. The van der Waals surface area contributed by atoms with Gasteiger partial charge in [-0.1, -0.05) is 17.7 Å². The minimum Gasteiger partial charge on any atom is -0.301 e. The molecule has 0 unspecified atom stereocenters. The molecular weight excluding hydrogens is 224 g/mol. The topological polar surface area (TPSA) is 36.1 Å². The highest BCUT2D eigenvalue weighted by molar-refractivity contribution is 5.49. The number of hydrogen-bond donors (Lipinski definition) is 3. The number of hydrazine groups is 2. The third-order valence-electron chi connectivity index (χ3n) is 3.51. The molecule has 2 aliphatic carbocycles. The first-order chi connectivity index (χ1) is 8.18. The highest BCUT2D eigenvalue weighted by atomic mass is 19.3. The summed E-state index contributed by atoms with van der Waals surface area (Å²) in [4.78, 5) is 0. The Morgan fingerprint density at radius 1 is 1.18 bits per heavy atom. The largest absolute Gasteiger partial charge is 0.301 e. The molecule has 0 aromatic carbocycles. The van der Waals surface area contributed by atoms with E-state index >= 15 is 0 Å². The van der Waals surface area contributed by atoms with E-state index in [2.05, 4.69) is 16.4 Å². The van der Waals surface area contributed by atoms with Gasteiger partial charge in [0.15, 0.2) is 0 Å². The van der Waals surface area contributed by atoms with E-state index in [9.17, 15) is 8.78 Å². The molecule has 3 nitrogen and oxygen atoms in total. The molecule has 0 amide bonds. The zero-order valence-electron chi connectivity index (χ0n) is 9.45. The summed E-state index contributed by atoms with van der Waals surface area (Å²) in [6, 6.07) is 0. The second kappa shape index (κ2) is 3.84. The molecule has 3 N–H and O–H groups in total. The molecule has 92 valence electrons. The number of fused-ring (bicyclic) bond motifs is 1. The second-order valence-electron chi connectivity index (χ2n) is 4.64. The molecular formula is C12H15F2N3. The van der Waals surface area contributed by atoms with E-state index in [4.69, 9.17) is 0 Å². The fraction of sp³-hybridized carbons (Fsp3) is 0.500. The normalized spacial score (nSPS) is 26.7. The molecule has 5 heteroatoms. The van der Waals surface area contributed by atoms with E-state index in [0.717, 1.165) is 24.8 Å². The van der Waals surface area contributed by atoms with Crippen molar-refractivity contribution >= 4 is 0 Å². The number of rotatable bonds is 0. The van der Waals surface area contributed by atoms with Crippen molar-refractivity contribution in [2.45, 2.75) is 38.0 Å². The predicted octanol–water partition coefficient (Wildman–Crippen LogP) is 2.28. The van der Waals surface area contributed by atoms with Crippen molar-refractivity contribution in [3.8, 4) is 0 Å². The van der Waals surface area contributed by atoms with Gasteiger partial charge in [0.2, 0.25) is 0 Å². The lowest BCUT2D eigenvalue weighted by atomic mass is 9.87. The summed E-state index contributed by atoms with van der Waals surface area (Å²) in [6.07, 6.45) is 7.21. The number of nitrogens with one attached hydrogen (secondary N) is 3. The third kappa shape index (κ3) is 1.74. The van der Waals surface area contributed by atoms with E-state index in [0.29, 0.717) is 12.1 Å². The molecule has 17 heavy (non-hydrogen) atoms. The van der Waals surface area contributed by atoms with Crippen molar-refractivity contribution in [3.63, 3.8) is 0 Å². The van der Waals surface area contributed by atoms with Crippen molar-refractivity contribution in [1.29, 1.82) is 0 Å². The molecule has 0 aromatic rings. The van der Waals surface area contributed by atoms with Crippen LogP contribution in [0.2, 0.25) is 0 Å². The van der Waals surface area contributed by atoms with Gasteiger partial charge in [-0.2, -0.15) is 14.3 Å². The van der Waals surface area contributed by atoms with Crippen molar-refractivity contribution in [3.05, 3.63) is 34.7 Å². The number of alkyl halides is 2. The van der Waals surface area contributed by atoms with Crippen LogP contribution in [0.15, 0.2) is 34.7 Å². The summed E-state index contributed by atoms with van der Waals surface area (Å²) in [5.74, 6) is -2.78. The van der Waals surface area contributed by atoms with E-state index in [1.54, 1.807) is 0 Å². The van der Waals surface area contributed by atoms with Crippen LogP contribution in [0.5, 0.6) is 0 Å². The molecule has 3 aliphatic rings. The van der Waals surface area contributed by atoms with Crippen molar-refractivity contribution in [1.82, 2.24) is 16.4 Å². The molecule has 3 rings (SSSR count). The minimum absolute atomic E-state index is 0.0174. The maximum Gasteiger partial charge on any atom is 0.290 e. The van der Waals surface area contributed by atoms with E-state index < -0.39 is 5.92 Å². The van der Waals surface area contributed by atoms with Gasteiger partial charge in [0, 0.05) is 6.42 Å². The SMILES string of the molecule is FC1(F)CCCC2=C(C=CCC2)C2=C1NNN2. The fourth-order valence-corrected chi connectivity index (χ4v) is 2.64. The molecule has 0 saturated carbocycles. The molecule has 0 bridgehead atoms. The van der Waals surface area contributed by atoms with E-state index in [1.807, 2.05) is 12.2 Å². The average molecular weight is 239 g/mol. The smallest absolute Gasteiger partial charge is 0.290 e. The Morgan fingerprint density at radius 3 is 2.94 bits per heavy atom.